The number of rotatable bonds is 9. The molecule has 2 fully saturated rings. The summed E-state index contributed by atoms with van der Waals surface area (Å²) in [6.45, 7) is 3.53. The van der Waals surface area contributed by atoms with Crippen LogP contribution in [0.1, 0.15) is 95.5 Å². The minimum atomic E-state index is -4.28. The fourth-order valence-electron chi connectivity index (χ4n) is 4.99. The van der Waals surface area contributed by atoms with Crippen molar-refractivity contribution in [1.82, 2.24) is 9.55 Å². The third kappa shape index (κ3) is 4.45. The molecule has 1 N–H and O–H groups in total. The summed E-state index contributed by atoms with van der Waals surface area (Å²) in [6, 6.07) is 6.27. The maximum Gasteiger partial charge on any atom is 0.394 e. The van der Waals surface area contributed by atoms with Gasteiger partial charge in [-0.1, -0.05) is 12.5 Å². The van der Waals surface area contributed by atoms with Gasteiger partial charge in [0.1, 0.15) is 11.6 Å². The number of aromatic nitrogens is 2. The summed E-state index contributed by atoms with van der Waals surface area (Å²) in [5.41, 5.74) is 0.0702. The van der Waals surface area contributed by atoms with Crippen LogP contribution in [0, 0.1) is 5.41 Å². The van der Waals surface area contributed by atoms with Gasteiger partial charge in [-0.2, -0.15) is 13.2 Å². The fraction of sp³-hybridized carbons (Fsp3) is 0.680. The van der Waals surface area contributed by atoms with Crippen molar-refractivity contribution >= 4 is 16.8 Å². The first-order valence-electron chi connectivity index (χ1n) is 11.8. The number of ketones is 1. The monoisotopic (exact) mass is 450 g/mol. The van der Waals surface area contributed by atoms with Crippen molar-refractivity contribution in [1.29, 1.82) is 0 Å². The highest BCUT2D eigenvalue weighted by atomic mass is 19.4. The zero-order chi connectivity index (χ0) is 23.1. The molecule has 0 atom stereocenters. The molecule has 32 heavy (non-hydrogen) atoms. The van der Waals surface area contributed by atoms with Gasteiger partial charge in [-0.15, -0.1) is 0 Å². The molecule has 1 heterocycles. The van der Waals surface area contributed by atoms with Crippen molar-refractivity contribution in [2.75, 3.05) is 0 Å². The van der Waals surface area contributed by atoms with Crippen molar-refractivity contribution in [3.8, 4) is 0 Å². The van der Waals surface area contributed by atoms with E-state index in [-0.39, 0.29) is 31.5 Å². The van der Waals surface area contributed by atoms with Crippen LogP contribution in [-0.2, 0) is 16.8 Å². The van der Waals surface area contributed by atoms with E-state index in [2.05, 4.69) is 4.57 Å². The minimum Gasteiger partial charge on any atom is -0.386 e. The van der Waals surface area contributed by atoms with E-state index in [1.54, 1.807) is 13.8 Å². The molecule has 0 spiro atoms. The summed E-state index contributed by atoms with van der Waals surface area (Å²) in [5, 5.41) is 10.4. The number of nitrogens with zero attached hydrogens (tertiary/aromatic N) is 2. The zero-order valence-electron chi connectivity index (χ0n) is 19.0. The first-order valence-corrected chi connectivity index (χ1v) is 11.8. The third-order valence-corrected chi connectivity index (χ3v) is 7.46. The molecule has 2 saturated carbocycles. The second-order valence-electron chi connectivity index (χ2n) is 10.3. The Morgan fingerprint density at radius 2 is 1.91 bits per heavy atom. The SMILES string of the molecule is CC(C)(O)c1ccc2nc(CCCCC(=O)CC3(C(F)(F)F)CCC3)n(C3CCC3)c2c1. The lowest BCUT2D eigenvalue weighted by molar-refractivity contribution is -0.251. The van der Waals surface area contributed by atoms with Crippen LogP contribution >= 0.6 is 0 Å². The van der Waals surface area contributed by atoms with E-state index < -0.39 is 17.2 Å². The molecule has 1 aromatic heterocycles. The van der Waals surface area contributed by atoms with Crippen molar-refractivity contribution in [3.05, 3.63) is 29.6 Å². The number of hydrogen-bond donors (Lipinski definition) is 1. The zero-order valence-corrected chi connectivity index (χ0v) is 19.0. The molecule has 7 heteroatoms. The normalized spacial score (nSPS) is 19.1. The van der Waals surface area contributed by atoms with Crippen LogP contribution in [-0.4, -0.2) is 26.6 Å². The molecule has 176 valence electrons. The van der Waals surface area contributed by atoms with Crippen LogP contribution in [0.4, 0.5) is 13.2 Å². The first kappa shape index (κ1) is 23.3. The topological polar surface area (TPSA) is 55.1 Å². The maximum atomic E-state index is 13.3. The number of aryl methyl sites for hydroxylation is 1. The Hall–Kier alpha value is -1.89. The Morgan fingerprint density at radius 1 is 1.19 bits per heavy atom. The van der Waals surface area contributed by atoms with Crippen LogP contribution in [0.5, 0.6) is 0 Å². The molecule has 1 aromatic carbocycles. The lowest BCUT2D eigenvalue weighted by Gasteiger charge is -2.42. The maximum absolute atomic E-state index is 13.3. The Balaban J connectivity index is 1.40. The summed E-state index contributed by atoms with van der Waals surface area (Å²) in [4.78, 5) is 17.1. The van der Waals surface area contributed by atoms with E-state index in [4.69, 9.17) is 4.98 Å². The predicted octanol–water partition coefficient (Wildman–Crippen LogP) is 6.39. The number of benzene rings is 1. The van der Waals surface area contributed by atoms with Gasteiger partial charge >= 0.3 is 6.18 Å². The number of carbonyl (C=O) groups is 1. The van der Waals surface area contributed by atoms with Gasteiger partial charge in [-0.05, 0) is 76.5 Å². The molecule has 0 saturated heterocycles. The van der Waals surface area contributed by atoms with E-state index in [9.17, 15) is 23.1 Å². The molecule has 0 unspecified atom stereocenters. The average Bonchev–Trinajstić information content (AvgIpc) is 2.96. The number of alkyl halides is 3. The highest BCUT2D eigenvalue weighted by Crippen LogP contribution is 2.55. The van der Waals surface area contributed by atoms with Gasteiger partial charge in [0.25, 0.3) is 0 Å². The second kappa shape index (κ2) is 8.47. The summed E-state index contributed by atoms with van der Waals surface area (Å²) in [7, 11) is 0. The van der Waals surface area contributed by atoms with Crippen molar-refractivity contribution in [2.24, 2.45) is 5.41 Å². The van der Waals surface area contributed by atoms with Gasteiger partial charge < -0.3 is 9.67 Å². The van der Waals surface area contributed by atoms with Crippen LogP contribution in [0.25, 0.3) is 11.0 Å². The minimum absolute atomic E-state index is 0.0836. The van der Waals surface area contributed by atoms with E-state index in [0.717, 1.165) is 41.7 Å². The number of aliphatic hydroxyl groups is 1. The largest absolute Gasteiger partial charge is 0.394 e. The number of fused-ring (bicyclic) bond motifs is 1. The fourth-order valence-corrected chi connectivity index (χ4v) is 4.99. The van der Waals surface area contributed by atoms with Crippen molar-refractivity contribution in [3.63, 3.8) is 0 Å². The summed E-state index contributed by atoms with van der Waals surface area (Å²) in [6.07, 6.45) is 1.66. The molecule has 0 radical (unpaired) electrons. The number of Topliss-reactive ketones (excluding diaryl/α,β-unsaturated/α-hetero) is 1. The van der Waals surface area contributed by atoms with Crippen molar-refractivity contribution < 1.29 is 23.1 Å². The van der Waals surface area contributed by atoms with Gasteiger partial charge in [0.05, 0.1) is 22.0 Å². The molecule has 2 aliphatic rings. The van der Waals surface area contributed by atoms with Gasteiger partial charge in [0.15, 0.2) is 0 Å². The van der Waals surface area contributed by atoms with Gasteiger partial charge in [-0.3, -0.25) is 4.79 Å². The predicted molar refractivity (Wildman–Crippen MR) is 117 cm³/mol. The van der Waals surface area contributed by atoms with Gasteiger partial charge in [0.2, 0.25) is 0 Å². The number of hydrogen-bond acceptors (Lipinski definition) is 3. The van der Waals surface area contributed by atoms with Crippen LogP contribution in [0.3, 0.4) is 0 Å². The Bertz CT molecular complexity index is 979. The smallest absolute Gasteiger partial charge is 0.386 e. The molecule has 0 amide bonds. The number of imidazole rings is 1. The van der Waals surface area contributed by atoms with Crippen molar-refractivity contribution in [2.45, 2.75) is 102 Å². The quantitative estimate of drug-likeness (QED) is 0.450. The Kier molecular flexibility index (Phi) is 6.16. The molecule has 4 rings (SSSR count). The lowest BCUT2D eigenvalue weighted by atomic mass is 9.65. The third-order valence-electron chi connectivity index (χ3n) is 7.46. The van der Waals surface area contributed by atoms with Gasteiger partial charge in [-0.25, -0.2) is 4.98 Å². The molecular weight excluding hydrogens is 417 g/mol. The Labute approximate surface area is 187 Å². The van der Waals surface area contributed by atoms with E-state index >= 15 is 0 Å². The summed E-state index contributed by atoms with van der Waals surface area (Å²) in [5.74, 6) is 0.695. The van der Waals surface area contributed by atoms with E-state index in [1.165, 1.54) is 6.42 Å². The van der Waals surface area contributed by atoms with Crippen LogP contribution in [0.2, 0.25) is 0 Å². The first-order chi connectivity index (χ1) is 15.0. The summed E-state index contributed by atoms with van der Waals surface area (Å²) >= 11 is 0. The van der Waals surface area contributed by atoms with Crippen LogP contribution in [0.15, 0.2) is 18.2 Å². The standard InChI is InChI=1S/C25H33F3N2O2/c1-23(2,32)17-11-12-20-21(15-17)30(18-7-5-8-18)22(29-20)10-4-3-9-19(31)16-24(13-6-14-24)25(26,27)28/h11-12,15,18,32H,3-10,13-14,16H2,1-2H3. The number of unbranched alkanes of at least 4 members (excludes halogenated alkanes) is 1. The molecule has 4 nitrogen and oxygen atoms in total. The second-order valence-corrected chi connectivity index (χ2v) is 10.3. The van der Waals surface area contributed by atoms with Crippen LogP contribution < -0.4 is 0 Å². The van der Waals surface area contributed by atoms with Gasteiger partial charge in [0, 0.05) is 25.3 Å². The molecule has 0 bridgehead atoms. The average molecular weight is 451 g/mol. The molecule has 0 aliphatic heterocycles. The Morgan fingerprint density at radius 3 is 2.44 bits per heavy atom. The number of carbonyl (C=O) groups excluding carboxylic acids is 1. The molecular formula is C25H33F3N2O2. The highest BCUT2D eigenvalue weighted by Gasteiger charge is 2.58. The molecule has 2 aliphatic carbocycles. The highest BCUT2D eigenvalue weighted by molar-refractivity contribution is 5.79. The number of halogens is 3. The lowest BCUT2D eigenvalue weighted by Crippen LogP contribution is -2.45. The summed E-state index contributed by atoms with van der Waals surface area (Å²) < 4.78 is 42.2. The van der Waals surface area contributed by atoms with E-state index in [1.807, 2.05) is 18.2 Å². The molecule has 2 aromatic rings. The van der Waals surface area contributed by atoms with E-state index in [0.29, 0.717) is 25.3 Å².